The van der Waals surface area contributed by atoms with E-state index < -0.39 is 8.56 Å². The van der Waals surface area contributed by atoms with Crippen LogP contribution < -0.4 is 0 Å². The van der Waals surface area contributed by atoms with Gasteiger partial charge < -0.3 is 18.7 Å². The van der Waals surface area contributed by atoms with Crippen molar-refractivity contribution >= 4 is 8.56 Å². The predicted molar refractivity (Wildman–Crippen MR) is 84.6 cm³/mol. The molecule has 0 aromatic rings. The van der Waals surface area contributed by atoms with Gasteiger partial charge in [0.15, 0.2) is 0 Å². The molecule has 0 amide bonds. The Kier molecular flexibility index (Phi) is 10.8. The molecule has 0 saturated heterocycles. The normalized spacial score (nSPS) is 12.6. The Morgan fingerprint density at radius 3 is 1.16 bits per heavy atom. The van der Waals surface area contributed by atoms with Gasteiger partial charge in [-0.25, -0.2) is 0 Å². The third-order valence-electron chi connectivity index (χ3n) is 3.53. The van der Waals surface area contributed by atoms with Gasteiger partial charge in [0.25, 0.3) is 0 Å². The summed E-state index contributed by atoms with van der Waals surface area (Å²) in [6.45, 7) is 18.7. The minimum Gasteiger partial charge on any atom is -0.393 e. The van der Waals surface area contributed by atoms with Crippen LogP contribution in [0.5, 0.6) is 0 Å². The quantitative estimate of drug-likeness (QED) is 0.515. The highest BCUT2D eigenvalue weighted by molar-refractivity contribution is 6.67. The molecule has 0 radical (unpaired) electrons. The molecule has 0 heterocycles. The fourth-order valence-electron chi connectivity index (χ4n) is 2.38. The lowest BCUT2D eigenvalue weighted by atomic mass is 10.6. The molecule has 0 atom stereocenters. The van der Waals surface area contributed by atoms with Gasteiger partial charge in [0, 0.05) is 25.5 Å². The zero-order valence-corrected chi connectivity index (χ0v) is 14.9. The molecule has 0 unspecified atom stereocenters. The Morgan fingerprint density at radius 2 is 0.947 bits per heavy atom. The van der Waals surface area contributed by atoms with Crippen LogP contribution in [0.1, 0.15) is 41.5 Å². The van der Waals surface area contributed by atoms with E-state index in [1.165, 1.54) is 0 Å². The van der Waals surface area contributed by atoms with Gasteiger partial charge in [-0.2, -0.15) is 0 Å². The standard InChI is InChI=1S/C14H34N2O2Si/c1-7-15(8-2)13-19(17-11-5,18-12-6)14-16(9-3)10-4/h7-14H2,1-6H3. The van der Waals surface area contributed by atoms with Crippen molar-refractivity contribution in [2.24, 2.45) is 0 Å². The average Bonchev–Trinajstić information content (AvgIpc) is 2.43. The van der Waals surface area contributed by atoms with E-state index in [0.717, 1.165) is 51.7 Å². The molecule has 0 saturated carbocycles. The molecule has 0 rings (SSSR count). The summed E-state index contributed by atoms with van der Waals surface area (Å²) in [5.41, 5.74) is 0. The predicted octanol–water partition coefficient (Wildman–Crippen LogP) is 2.26. The monoisotopic (exact) mass is 290 g/mol. The maximum atomic E-state index is 6.17. The van der Waals surface area contributed by atoms with Crippen molar-refractivity contribution in [2.75, 3.05) is 51.7 Å². The molecular formula is C14H34N2O2Si. The van der Waals surface area contributed by atoms with E-state index in [4.69, 9.17) is 8.85 Å². The van der Waals surface area contributed by atoms with E-state index in [1.807, 2.05) is 0 Å². The number of hydrogen-bond donors (Lipinski definition) is 0. The first-order valence-electron chi connectivity index (χ1n) is 7.83. The Hall–Kier alpha value is 0.0569. The van der Waals surface area contributed by atoms with Crippen LogP contribution in [0.2, 0.25) is 0 Å². The van der Waals surface area contributed by atoms with Crippen molar-refractivity contribution in [1.82, 2.24) is 9.80 Å². The Labute approximate surface area is 121 Å². The van der Waals surface area contributed by atoms with Crippen molar-refractivity contribution in [1.29, 1.82) is 0 Å². The second kappa shape index (κ2) is 10.8. The summed E-state index contributed by atoms with van der Waals surface area (Å²) < 4.78 is 12.3. The molecule has 0 aliphatic heterocycles. The number of rotatable bonds is 12. The zero-order chi connectivity index (χ0) is 14.7. The molecule has 0 aromatic heterocycles. The summed E-state index contributed by atoms with van der Waals surface area (Å²) in [4.78, 5) is 4.86. The molecule has 116 valence electrons. The Balaban J connectivity index is 4.92. The lowest BCUT2D eigenvalue weighted by Crippen LogP contribution is -2.60. The van der Waals surface area contributed by atoms with Crippen LogP contribution in [0.25, 0.3) is 0 Å². The van der Waals surface area contributed by atoms with Crippen LogP contribution in [-0.4, -0.2) is 70.1 Å². The highest BCUT2D eigenvalue weighted by Crippen LogP contribution is 2.13. The molecule has 0 bridgehead atoms. The molecule has 4 nitrogen and oxygen atoms in total. The molecule has 0 aliphatic rings. The number of hydrogen-bond acceptors (Lipinski definition) is 4. The molecule has 0 aromatic carbocycles. The van der Waals surface area contributed by atoms with E-state index in [9.17, 15) is 0 Å². The van der Waals surface area contributed by atoms with Gasteiger partial charge in [-0.1, -0.05) is 27.7 Å². The lowest BCUT2D eigenvalue weighted by Gasteiger charge is -2.37. The van der Waals surface area contributed by atoms with E-state index >= 15 is 0 Å². The first kappa shape index (κ1) is 19.1. The fraction of sp³-hybridized carbons (Fsp3) is 1.00. The zero-order valence-electron chi connectivity index (χ0n) is 13.9. The van der Waals surface area contributed by atoms with E-state index in [0.29, 0.717) is 0 Å². The van der Waals surface area contributed by atoms with E-state index in [1.54, 1.807) is 0 Å². The van der Waals surface area contributed by atoms with Crippen molar-refractivity contribution in [3.05, 3.63) is 0 Å². The fourth-order valence-corrected chi connectivity index (χ4v) is 6.23. The summed E-state index contributed by atoms with van der Waals surface area (Å²) in [5.74, 6) is 0. The van der Waals surface area contributed by atoms with Crippen LogP contribution in [0.15, 0.2) is 0 Å². The smallest absolute Gasteiger partial charge is 0.367 e. The van der Waals surface area contributed by atoms with Crippen LogP contribution in [0.4, 0.5) is 0 Å². The Bertz CT molecular complexity index is 188. The summed E-state index contributed by atoms with van der Waals surface area (Å²) in [6, 6.07) is 0. The molecule has 0 aliphatic carbocycles. The van der Waals surface area contributed by atoms with Gasteiger partial charge in [0.05, 0.1) is 0 Å². The topological polar surface area (TPSA) is 24.9 Å². The summed E-state index contributed by atoms with van der Waals surface area (Å²) >= 11 is 0. The van der Waals surface area contributed by atoms with Crippen molar-refractivity contribution in [3.63, 3.8) is 0 Å². The van der Waals surface area contributed by atoms with E-state index in [-0.39, 0.29) is 0 Å². The molecule has 5 heteroatoms. The van der Waals surface area contributed by atoms with Gasteiger partial charge in [0.2, 0.25) is 0 Å². The SMILES string of the molecule is CCO[Si](CN(CC)CC)(CN(CC)CC)OCC. The van der Waals surface area contributed by atoms with Crippen molar-refractivity contribution in [2.45, 2.75) is 41.5 Å². The maximum Gasteiger partial charge on any atom is 0.367 e. The molecule has 0 fully saturated rings. The highest BCUT2D eigenvalue weighted by atomic mass is 28.4. The molecular weight excluding hydrogens is 256 g/mol. The van der Waals surface area contributed by atoms with Gasteiger partial charge in [-0.15, -0.1) is 0 Å². The maximum absolute atomic E-state index is 6.17. The van der Waals surface area contributed by atoms with Gasteiger partial charge in [0.1, 0.15) is 0 Å². The van der Waals surface area contributed by atoms with Crippen molar-refractivity contribution < 1.29 is 8.85 Å². The van der Waals surface area contributed by atoms with Gasteiger partial charge in [-0.05, 0) is 40.0 Å². The van der Waals surface area contributed by atoms with E-state index in [2.05, 4.69) is 51.3 Å². The summed E-state index contributed by atoms with van der Waals surface area (Å²) in [7, 11) is -2.15. The van der Waals surface area contributed by atoms with Crippen LogP contribution in [-0.2, 0) is 8.85 Å². The van der Waals surface area contributed by atoms with Gasteiger partial charge in [-0.3, -0.25) is 0 Å². The summed E-state index contributed by atoms with van der Waals surface area (Å²) in [6.07, 6.45) is 1.94. The average molecular weight is 291 g/mol. The van der Waals surface area contributed by atoms with Crippen LogP contribution in [0, 0.1) is 0 Å². The Morgan fingerprint density at radius 1 is 0.632 bits per heavy atom. The van der Waals surface area contributed by atoms with Crippen LogP contribution in [0.3, 0.4) is 0 Å². The minimum atomic E-state index is -2.15. The lowest BCUT2D eigenvalue weighted by molar-refractivity contribution is 0.143. The molecule has 0 spiro atoms. The minimum absolute atomic E-state index is 0.745. The second-order valence-electron chi connectivity index (χ2n) is 4.70. The first-order valence-corrected chi connectivity index (χ1v) is 10.1. The van der Waals surface area contributed by atoms with Gasteiger partial charge >= 0.3 is 8.56 Å². The third-order valence-corrected chi connectivity index (χ3v) is 7.02. The largest absolute Gasteiger partial charge is 0.393 e. The van der Waals surface area contributed by atoms with Crippen LogP contribution >= 0.6 is 0 Å². The molecule has 0 N–H and O–H groups in total. The first-order chi connectivity index (χ1) is 9.11. The molecule has 19 heavy (non-hydrogen) atoms. The third kappa shape index (κ3) is 6.86. The van der Waals surface area contributed by atoms with Crippen molar-refractivity contribution in [3.8, 4) is 0 Å². The number of nitrogens with zero attached hydrogens (tertiary/aromatic N) is 2. The second-order valence-corrected chi connectivity index (χ2v) is 7.73. The highest BCUT2D eigenvalue weighted by Gasteiger charge is 2.40. The summed E-state index contributed by atoms with van der Waals surface area (Å²) in [5, 5.41) is 0.